The molecule has 0 amide bonds. The van der Waals surface area contributed by atoms with Crippen molar-refractivity contribution < 1.29 is 8.22 Å². The van der Waals surface area contributed by atoms with Crippen LogP contribution in [0.5, 0.6) is 0 Å². The minimum absolute atomic E-state index is 0.119. The van der Waals surface area contributed by atoms with Crippen LogP contribution in [-0.2, 0) is 0 Å². The fraction of sp³-hybridized carbons (Fsp3) is 0.258. The first-order valence-electron chi connectivity index (χ1n) is 16.9. The standard InChI is InChI=1S/C31H34N12/c1-35-5-9-39(19-35)28-15-26-24(17-32-28)25-18-33-29(40-10-6-36(2)20-40)16-27(25)43(26)23-13-30(41-11-7-37(3)21-41)34-31(14-23)42-12-8-38(4)22-42/h5-18H,19-22H2,1-4H3/i1D3,3D3. The number of rotatable bonds is 5. The summed E-state index contributed by atoms with van der Waals surface area (Å²) in [6, 6.07) is 7.99. The van der Waals surface area contributed by atoms with E-state index in [1.54, 1.807) is 35.9 Å². The van der Waals surface area contributed by atoms with Crippen molar-refractivity contribution in [3.05, 3.63) is 86.3 Å². The van der Waals surface area contributed by atoms with Gasteiger partial charge in [0.1, 0.15) is 23.3 Å². The molecule has 43 heavy (non-hydrogen) atoms. The third-order valence-electron chi connectivity index (χ3n) is 7.94. The Morgan fingerprint density at radius 3 is 1.35 bits per heavy atom. The van der Waals surface area contributed by atoms with Crippen LogP contribution in [0.3, 0.4) is 0 Å². The number of aromatic nitrogens is 4. The molecule has 4 aromatic heterocycles. The van der Waals surface area contributed by atoms with E-state index in [0.29, 0.717) is 30.8 Å². The zero-order chi connectivity index (χ0) is 34.2. The molecule has 0 unspecified atom stereocenters. The lowest BCUT2D eigenvalue weighted by molar-refractivity contribution is 0.492. The maximum absolute atomic E-state index is 7.93. The molecule has 0 saturated heterocycles. The maximum atomic E-state index is 7.93. The lowest BCUT2D eigenvalue weighted by Crippen LogP contribution is -2.25. The topological polar surface area (TPSA) is 69.5 Å². The minimum Gasteiger partial charge on any atom is -0.361 e. The molecule has 0 radical (unpaired) electrons. The number of nitrogens with zero attached hydrogens (tertiary/aromatic N) is 12. The number of fused-ring (bicyclic) bond motifs is 3. The van der Waals surface area contributed by atoms with E-state index in [0.717, 1.165) is 33.3 Å². The molecule has 4 aromatic rings. The predicted molar refractivity (Wildman–Crippen MR) is 171 cm³/mol. The first-order chi connectivity index (χ1) is 23.3. The quantitative estimate of drug-likeness (QED) is 0.347. The molecule has 12 heteroatoms. The lowest BCUT2D eigenvalue weighted by Gasteiger charge is -2.23. The molecule has 0 aliphatic carbocycles. The summed E-state index contributed by atoms with van der Waals surface area (Å²) in [5.74, 6) is 2.63. The van der Waals surface area contributed by atoms with Gasteiger partial charge in [0.15, 0.2) is 0 Å². The molecule has 4 aliphatic heterocycles. The van der Waals surface area contributed by atoms with E-state index in [4.69, 9.17) is 23.2 Å². The van der Waals surface area contributed by atoms with Crippen LogP contribution in [0.4, 0.5) is 23.3 Å². The van der Waals surface area contributed by atoms with Crippen LogP contribution in [0, 0.1) is 0 Å². The van der Waals surface area contributed by atoms with Gasteiger partial charge in [-0.15, -0.1) is 0 Å². The molecule has 4 aliphatic rings. The SMILES string of the molecule is [2H]C([2H])([2H])N1C=CN(c2cc3c(cn2)c2cnc(N4C=CN(C)C4)cc2n3-c2cc(N3C=CN(C)C3)nc(N3C=CN(C([2H])([2H])[2H])C3)c2)C1. The molecule has 8 heterocycles. The normalized spacial score (nSPS) is 20.7. The summed E-state index contributed by atoms with van der Waals surface area (Å²) >= 11 is 0. The molecular formula is C31H34N12. The van der Waals surface area contributed by atoms with Crippen LogP contribution in [-0.4, -0.2) is 93.8 Å². The maximum Gasteiger partial charge on any atom is 0.138 e. The molecule has 0 saturated carbocycles. The zero-order valence-corrected chi connectivity index (χ0v) is 23.8. The Bertz CT molecular complexity index is 2070. The van der Waals surface area contributed by atoms with Gasteiger partial charge in [0.2, 0.25) is 0 Å². The van der Waals surface area contributed by atoms with Gasteiger partial charge >= 0.3 is 0 Å². The number of pyridine rings is 3. The summed E-state index contributed by atoms with van der Waals surface area (Å²) in [7, 11) is 3.99. The van der Waals surface area contributed by atoms with Crippen molar-refractivity contribution in [2.24, 2.45) is 0 Å². The Kier molecular flexibility index (Phi) is 4.38. The summed E-state index contributed by atoms with van der Waals surface area (Å²) < 4.78 is 49.5. The third kappa shape index (κ3) is 4.33. The van der Waals surface area contributed by atoms with Gasteiger partial charge in [0, 0.05) is 133 Å². The average molecular weight is 581 g/mol. The minimum atomic E-state index is -2.29. The van der Waals surface area contributed by atoms with Gasteiger partial charge in [-0.2, -0.15) is 0 Å². The van der Waals surface area contributed by atoms with E-state index >= 15 is 0 Å². The molecule has 218 valence electrons. The molecule has 0 atom stereocenters. The molecule has 0 aromatic carbocycles. The summed E-state index contributed by atoms with van der Waals surface area (Å²) in [6.45, 7) is -3.05. The van der Waals surface area contributed by atoms with Crippen molar-refractivity contribution >= 4 is 45.1 Å². The van der Waals surface area contributed by atoms with Crippen molar-refractivity contribution in [3.63, 3.8) is 0 Å². The molecule has 8 rings (SSSR count). The molecule has 0 spiro atoms. The molecule has 0 fully saturated rings. The lowest BCUT2D eigenvalue weighted by atomic mass is 10.2. The summed E-state index contributed by atoms with van der Waals surface area (Å²) in [6.07, 6.45) is 18.2. The fourth-order valence-electron chi connectivity index (χ4n) is 5.78. The third-order valence-corrected chi connectivity index (χ3v) is 7.94. The highest BCUT2D eigenvalue weighted by Gasteiger charge is 2.23. The number of anilines is 4. The highest BCUT2D eigenvalue weighted by molar-refractivity contribution is 6.09. The van der Waals surface area contributed by atoms with Crippen molar-refractivity contribution in [1.29, 1.82) is 0 Å². The van der Waals surface area contributed by atoms with Gasteiger partial charge in [-0.25, -0.2) is 15.0 Å². The van der Waals surface area contributed by atoms with Gasteiger partial charge in [-0.3, -0.25) is 0 Å². The zero-order valence-electron chi connectivity index (χ0n) is 29.8. The highest BCUT2D eigenvalue weighted by atomic mass is 15.4. The van der Waals surface area contributed by atoms with E-state index in [1.807, 2.05) is 78.0 Å². The Morgan fingerprint density at radius 2 is 0.953 bits per heavy atom. The van der Waals surface area contributed by atoms with Gasteiger partial charge in [-0.1, -0.05) is 0 Å². The van der Waals surface area contributed by atoms with Crippen molar-refractivity contribution in [2.45, 2.75) is 0 Å². The van der Waals surface area contributed by atoms with E-state index in [9.17, 15) is 0 Å². The Morgan fingerprint density at radius 1 is 0.535 bits per heavy atom. The van der Waals surface area contributed by atoms with Crippen LogP contribution in [0.2, 0.25) is 0 Å². The van der Waals surface area contributed by atoms with Crippen LogP contribution in [0.25, 0.3) is 27.5 Å². The van der Waals surface area contributed by atoms with E-state index in [-0.39, 0.29) is 13.3 Å². The van der Waals surface area contributed by atoms with Gasteiger partial charge in [-0.05, 0) is 0 Å². The summed E-state index contributed by atoms with van der Waals surface area (Å²) in [4.78, 5) is 29.0. The predicted octanol–water partition coefficient (Wildman–Crippen LogP) is 3.69. The Balaban J connectivity index is 1.31. The van der Waals surface area contributed by atoms with Crippen LogP contribution >= 0.6 is 0 Å². The van der Waals surface area contributed by atoms with Crippen molar-refractivity contribution in [2.75, 3.05) is 74.3 Å². The average Bonchev–Trinajstić information content (AvgIpc) is 3.89. The molecule has 0 bridgehead atoms. The Hall–Kier alpha value is -5.39. The second kappa shape index (κ2) is 9.58. The highest BCUT2D eigenvalue weighted by Crippen LogP contribution is 2.37. The fourth-order valence-corrected chi connectivity index (χ4v) is 5.78. The second-order valence-electron chi connectivity index (χ2n) is 11.1. The first-order valence-corrected chi connectivity index (χ1v) is 13.9. The largest absolute Gasteiger partial charge is 0.361 e. The molecule has 0 N–H and O–H groups in total. The summed E-state index contributed by atoms with van der Waals surface area (Å²) in [5, 5.41) is 1.77. The van der Waals surface area contributed by atoms with Gasteiger partial charge in [0.25, 0.3) is 0 Å². The van der Waals surface area contributed by atoms with E-state index in [2.05, 4.69) is 20.4 Å². The number of hydrogen-bond acceptors (Lipinski definition) is 11. The van der Waals surface area contributed by atoms with Crippen LogP contribution < -0.4 is 19.6 Å². The van der Waals surface area contributed by atoms with Crippen molar-refractivity contribution in [1.82, 2.24) is 39.1 Å². The first kappa shape index (κ1) is 19.7. The van der Waals surface area contributed by atoms with E-state index in [1.165, 1.54) is 9.80 Å². The van der Waals surface area contributed by atoms with Crippen molar-refractivity contribution in [3.8, 4) is 5.69 Å². The van der Waals surface area contributed by atoms with Gasteiger partial charge < -0.3 is 43.8 Å². The second-order valence-corrected chi connectivity index (χ2v) is 11.1. The molecular weight excluding hydrogens is 540 g/mol. The van der Waals surface area contributed by atoms with Crippen LogP contribution in [0.15, 0.2) is 86.3 Å². The van der Waals surface area contributed by atoms with Crippen LogP contribution in [0.1, 0.15) is 8.22 Å². The Labute approximate surface area is 258 Å². The smallest absolute Gasteiger partial charge is 0.138 e. The summed E-state index contributed by atoms with van der Waals surface area (Å²) in [5.41, 5.74) is 2.53. The van der Waals surface area contributed by atoms with E-state index < -0.39 is 14.0 Å². The monoisotopic (exact) mass is 580 g/mol. The number of hydrogen-bond donors (Lipinski definition) is 0. The molecule has 12 nitrogen and oxygen atoms in total. The van der Waals surface area contributed by atoms with Gasteiger partial charge in [0.05, 0.1) is 43.4 Å².